The molecule has 10 heteroatoms. The highest BCUT2D eigenvalue weighted by Crippen LogP contribution is 2.24. The fourth-order valence-corrected chi connectivity index (χ4v) is 2.71. The molecule has 0 aliphatic carbocycles. The molecule has 5 N–H and O–H groups in total. The predicted octanol–water partition coefficient (Wildman–Crippen LogP) is -1.78. The number of aromatic nitrogens is 1. The van der Waals surface area contributed by atoms with Gasteiger partial charge in [0.25, 0.3) is 6.47 Å². The lowest BCUT2D eigenvalue weighted by molar-refractivity contribution is -0.379. The second kappa shape index (κ2) is 11.2. The number of H-pyrrole nitrogens is 1. The molecule has 1 aromatic heterocycles. The summed E-state index contributed by atoms with van der Waals surface area (Å²) in [5.74, 6) is 0. The zero-order valence-electron chi connectivity index (χ0n) is 15.1. The van der Waals surface area contributed by atoms with Gasteiger partial charge in [-0.1, -0.05) is 0 Å². The van der Waals surface area contributed by atoms with Crippen molar-refractivity contribution in [2.75, 3.05) is 19.8 Å². The Bertz CT molecular complexity index is 574. The highest BCUT2D eigenvalue weighted by atomic mass is 16.7. The molecule has 0 aromatic carbocycles. The van der Waals surface area contributed by atoms with Gasteiger partial charge in [0.1, 0.15) is 18.3 Å². The van der Waals surface area contributed by atoms with E-state index in [1.54, 1.807) is 0 Å². The summed E-state index contributed by atoms with van der Waals surface area (Å²) in [7, 11) is 0. The second-order valence-electron chi connectivity index (χ2n) is 6.23. The average Bonchev–Trinajstić information content (AvgIpc) is 2.66. The number of pyridine rings is 1. The Morgan fingerprint density at radius 2 is 2.15 bits per heavy atom. The van der Waals surface area contributed by atoms with Gasteiger partial charge in [0, 0.05) is 17.7 Å². The molecule has 1 saturated heterocycles. The molecule has 0 radical (unpaired) electrons. The van der Waals surface area contributed by atoms with E-state index in [1.165, 1.54) is 0 Å². The van der Waals surface area contributed by atoms with Crippen LogP contribution >= 0.6 is 0 Å². The Hall–Kier alpha value is -1.66. The molecular weight excluding hydrogens is 360 g/mol. The van der Waals surface area contributed by atoms with Gasteiger partial charge in [0.2, 0.25) is 0 Å². The zero-order valence-corrected chi connectivity index (χ0v) is 15.1. The summed E-state index contributed by atoms with van der Waals surface area (Å²) in [6.07, 6.45) is -1.79. The maximum atomic E-state index is 10.5. The van der Waals surface area contributed by atoms with Gasteiger partial charge in [-0.15, -0.1) is 0 Å². The zero-order chi connectivity index (χ0) is 19.6. The van der Waals surface area contributed by atoms with Crippen molar-refractivity contribution in [2.24, 2.45) is 0 Å². The average molecular weight is 387 g/mol. The molecule has 1 aromatic rings. The molecule has 27 heavy (non-hydrogen) atoms. The number of aliphatic hydroxyl groups excluding tert-OH is 3. The van der Waals surface area contributed by atoms with E-state index in [4.69, 9.17) is 14.3 Å². The number of aryl methyl sites for hydroxylation is 1. The van der Waals surface area contributed by atoms with Gasteiger partial charge in [-0.2, -0.15) is 0 Å². The van der Waals surface area contributed by atoms with E-state index in [2.05, 4.69) is 15.2 Å². The number of ether oxygens (including phenoxy) is 3. The molecule has 2 heterocycles. The normalized spacial score (nSPS) is 28.1. The molecule has 152 valence electrons. The van der Waals surface area contributed by atoms with Gasteiger partial charge in [-0.05, 0) is 19.4 Å². The van der Waals surface area contributed by atoms with Crippen LogP contribution in [-0.2, 0) is 30.4 Å². The molecule has 10 nitrogen and oxygen atoms in total. The monoisotopic (exact) mass is 387 g/mol. The lowest BCUT2D eigenvalue weighted by atomic mass is 9.99. The smallest absolute Gasteiger partial charge is 0.293 e. The van der Waals surface area contributed by atoms with Crippen LogP contribution in [0.25, 0.3) is 0 Å². The summed E-state index contributed by atoms with van der Waals surface area (Å²) in [6.45, 7) is 2.76. The molecule has 0 saturated carbocycles. The SMILES string of the molecule is Cc1c[nH+]cc(CONCCCO[C@H]2OC(CO)[C@@H](OC=O)[C@@H](O)C2O)c1. The standard InChI is InChI=1S/C17H26N2O8/c1-11-5-12(7-18-6-11)9-26-19-3-2-4-24-17-15(23)14(22)16(25-10-21)13(8-20)27-17/h5-7,10,13-17,19-20,22-23H,2-4,8-9H2,1H3/p+1/t13?,14-,15?,16+,17-/m0/s1. The van der Waals surface area contributed by atoms with Crippen LogP contribution in [0.1, 0.15) is 17.5 Å². The third kappa shape index (κ3) is 6.47. The number of nitrogens with one attached hydrogen (secondary N) is 2. The Kier molecular flexibility index (Phi) is 9.01. The summed E-state index contributed by atoms with van der Waals surface area (Å²) in [5.41, 5.74) is 4.93. The first kappa shape index (κ1) is 21.6. The van der Waals surface area contributed by atoms with E-state index in [1.807, 2.05) is 25.4 Å². The maximum Gasteiger partial charge on any atom is 0.293 e. The van der Waals surface area contributed by atoms with Gasteiger partial charge in [-0.25, -0.2) is 10.5 Å². The van der Waals surface area contributed by atoms with Crippen LogP contribution in [0.3, 0.4) is 0 Å². The Balaban J connectivity index is 1.64. The van der Waals surface area contributed by atoms with Crippen LogP contribution in [0.15, 0.2) is 18.5 Å². The van der Waals surface area contributed by atoms with Crippen molar-refractivity contribution in [3.63, 3.8) is 0 Å². The third-order valence-corrected chi connectivity index (χ3v) is 4.07. The van der Waals surface area contributed by atoms with Crippen molar-refractivity contribution in [3.05, 3.63) is 29.6 Å². The number of carbonyl (C=O) groups excluding carboxylic acids is 1. The number of rotatable bonds is 11. The summed E-state index contributed by atoms with van der Waals surface area (Å²) in [5, 5.41) is 29.3. The van der Waals surface area contributed by atoms with Gasteiger partial charge < -0.3 is 29.5 Å². The topological polar surface area (TPSA) is 141 Å². The Morgan fingerprint density at radius 1 is 1.33 bits per heavy atom. The van der Waals surface area contributed by atoms with Crippen LogP contribution in [0.4, 0.5) is 0 Å². The highest BCUT2D eigenvalue weighted by molar-refractivity contribution is 5.38. The van der Waals surface area contributed by atoms with Crippen LogP contribution in [0, 0.1) is 6.92 Å². The van der Waals surface area contributed by atoms with Crippen molar-refractivity contribution >= 4 is 6.47 Å². The second-order valence-corrected chi connectivity index (χ2v) is 6.23. The Morgan fingerprint density at radius 3 is 2.85 bits per heavy atom. The van der Waals surface area contributed by atoms with E-state index in [0.29, 0.717) is 19.6 Å². The summed E-state index contributed by atoms with van der Waals surface area (Å²) < 4.78 is 15.4. The summed E-state index contributed by atoms with van der Waals surface area (Å²) in [6, 6.07) is 2.01. The molecule has 2 unspecified atom stereocenters. The van der Waals surface area contributed by atoms with E-state index in [0.717, 1.165) is 11.1 Å². The van der Waals surface area contributed by atoms with E-state index < -0.39 is 37.3 Å². The van der Waals surface area contributed by atoms with E-state index in [9.17, 15) is 20.1 Å². The number of aliphatic hydroxyl groups is 3. The van der Waals surface area contributed by atoms with Gasteiger partial charge in [0.05, 0.1) is 19.8 Å². The largest absolute Gasteiger partial charge is 0.459 e. The number of hydroxylamine groups is 1. The molecule has 2 rings (SSSR count). The fourth-order valence-electron chi connectivity index (χ4n) is 2.71. The summed E-state index contributed by atoms with van der Waals surface area (Å²) in [4.78, 5) is 18.8. The van der Waals surface area contributed by atoms with Gasteiger partial charge >= 0.3 is 0 Å². The quantitative estimate of drug-likeness (QED) is 0.197. The maximum absolute atomic E-state index is 10.5. The minimum atomic E-state index is -1.42. The number of aromatic amines is 1. The van der Waals surface area contributed by atoms with Crippen LogP contribution in [-0.4, -0.2) is 72.3 Å². The molecular formula is C17H27N2O8+. The third-order valence-electron chi connectivity index (χ3n) is 4.07. The lowest BCUT2D eigenvalue weighted by Crippen LogP contribution is -2.60. The van der Waals surface area contributed by atoms with Crippen molar-refractivity contribution in [1.82, 2.24) is 5.48 Å². The van der Waals surface area contributed by atoms with Crippen molar-refractivity contribution in [1.29, 1.82) is 0 Å². The van der Waals surface area contributed by atoms with Crippen molar-refractivity contribution < 1.29 is 44.1 Å². The van der Waals surface area contributed by atoms with Crippen molar-refractivity contribution in [2.45, 2.75) is 50.7 Å². The number of hydrogen-bond donors (Lipinski definition) is 4. The molecule has 1 aliphatic heterocycles. The van der Waals surface area contributed by atoms with Crippen LogP contribution < -0.4 is 10.5 Å². The number of carbonyl (C=O) groups is 1. The number of hydrogen-bond acceptors (Lipinski definition) is 9. The molecule has 5 atom stereocenters. The first-order valence-electron chi connectivity index (χ1n) is 8.71. The lowest BCUT2D eigenvalue weighted by Gasteiger charge is -2.40. The minimum Gasteiger partial charge on any atom is -0.459 e. The van der Waals surface area contributed by atoms with E-state index >= 15 is 0 Å². The molecule has 1 aliphatic rings. The highest BCUT2D eigenvalue weighted by Gasteiger charge is 2.46. The molecule has 0 amide bonds. The van der Waals surface area contributed by atoms with Crippen LogP contribution in [0.2, 0.25) is 0 Å². The van der Waals surface area contributed by atoms with E-state index in [-0.39, 0.29) is 13.1 Å². The molecule has 1 fully saturated rings. The first-order chi connectivity index (χ1) is 13.1. The minimum absolute atomic E-state index is 0.133. The predicted molar refractivity (Wildman–Crippen MR) is 89.8 cm³/mol. The van der Waals surface area contributed by atoms with Crippen LogP contribution in [0.5, 0.6) is 0 Å². The van der Waals surface area contributed by atoms with Gasteiger partial charge in [0.15, 0.2) is 24.8 Å². The Labute approximate surface area is 157 Å². The molecule has 0 spiro atoms. The van der Waals surface area contributed by atoms with Gasteiger partial charge in [-0.3, -0.25) is 9.63 Å². The fraction of sp³-hybridized carbons (Fsp3) is 0.647. The van der Waals surface area contributed by atoms with Crippen molar-refractivity contribution in [3.8, 4) is 0 Å². The molecule has 0 bridgehead atoms. The first-order valence-corrected chi connectivity index (χ1v) is 8.71. The summed E-state index contributed by atoms with van der Waals surface area (Å²) >= 11 is 0.